The van der Waals surface area contributed by atoms with Gasteiger partial charge in [0.15, 0.2) is 0 Å². The number of carbonyl (C=O) groups excluding carboxylic acids is 2. The van der Waals surface area contributed by atoms with Crippen LogP contribution in [-0.2, 0) is 19.6 Å². The van der Waals surface area contributed by atoms with Crippen LogP contribution in [-0.4, -0.2) is 65.0 Å². The van der Waals surface area contributed by atoms with E-state index in [9.17, 15) is 18.0 Å². The van der Waals surface area contributed by atoms with Gasteiger partial charge >= 0.3 is 0 Å². The van der Waals surface area contributed by atoms with Crippen molar-refractivity contribution in [2.75, 3.05) is 39.9 Å². The Kier molecular flexibility index (Phi) is 7.55. The van der Waals surface area contributed by atoms with E-state index in [1.807, 2.05) is 0 Å². The second kappa shape index (κ2) is 9.65. The van der Waals surface area contributed by atoms with Crippen LogP contribution in [0.25, 0.3) is 0 Å². The zero-order chi connectivity index (χ0) is 19.0. The fourth-order valence-electron chi connectivity index (χ4n) is 2.68. The van der Waals surface area contributed by atoms with E-state index >= 15 is 0 Å². The minimum absolute atomic E-state index is 0.00870. The molecule has 1 aliphatic rings. The maximum Gasteiger partial charge on any atom is 0.251 e. The van der Waals surface area contributed by atoms with E-state index in [-0.39, 0.29) is 42.5 Å². The summed E-state index contributed by atoms with van der Waals surface area (Å²) in [7, 11) is -2.22. The molecule has 144 valence electrons. The lowest BCUT2D eigenvalue weighted by atomic mass is 10.2. The Balaban J connectivity index is 1.89. The van der Waals surface area contributed by atoms with Gasteiger partial charge in [-0.15, -0.1) is 0 Å². The molecule has 0 unspecified atom stereocenters. The van der Waals surface area contributed by atoms with Crippen LogP contribution in [0, 0.1) is 0 Å². The second-order valence-electron chi connectivity index (χ2n) is 6.01. The quantitative estimate of drug-likeness (QED) is 0.599. The number of rotatable bonds is 9. The van der Waals surface area contributed by atoms with Crippen molar-refractivity contribution in [3.63, 3.8) is 0 Å². The number of likely N-dealkylation sites (tertiary alicyclic amines) is 1. The highest BCUT2D eigenvalue weighted by Gasteiger charge is 2.18. The monoisotopic (exact) mass is 383 g/mol. The lowest BCUT2D eigenvalue weighted by Gasteiger charge is -2.15. The van der Waals surface area contributed by atoms with Crippen LogP contribution in [0.5, 0.6) is 0 Å². The van der Waals surface area contributed by atoms with Crippen molar-refractivity contribution in [1.29, 1.82) is 0 Å². The number of sulfonamides is 1. The van der Waals surface area contributed by atoms with E-state index in [4.69, 9.17) is 4.74 Å². The third-order valence-corrected chi connectivity index (χ3v) is 5.55. The molecule has 0 bridgehead atoms. The summed E-state index contributed by atoms with van der Waals surface area (Å²) >= 11 is 0. The van der Waals surface area contributed by atoms with Crippen LogP contribution in [0.4, 0.5) is 0 Å². The Labute approximate surface area is 153 Å². The minimum Gasteiger partial charge on any atom is -0.383 e. The smallest absolute Gasteiger partial charge is 0.251 e. The molecule has 1 aromatic rings. The molecule has 1 saturated heterocycles. The highest BCUT2D eigenvalue weighted by molar-refractivity contribution is 7.89. The van der Waals surface area contributed by atoms with Crippen LogP contribution in [0.3, 0.4) is 0 Å². The Morgan fingerprint density at radius 3 is 2.62 bits per heavy atom. The molecule has 1 aliphatic heterocycles. The number of hydrogen-bond donors (Lipinski definition) is 2. The number of benzene rings is 1. The zero-order valence-electron chi connectivity index (χ0n) is 14.9. The first kappa shape index (κ1) is 20.3. The number of nitrogens with zero attached hydrogens (tertiary/aromatic N) is 1. The second-order valence-corrected chi connectivity index (χ2v) is 7.78. The molecule has 1 aromatic carbocycles. The number of amides is 2. The van der Waals surface area contributed by atoms with Gasteiger partial charge in [0.2, 0.25) is 15.9 Å². The van der Waals surface area contributed by atoms with E-state index in [0.29, 0.717) is 0 Å². The number of hydrogen-bond acceptors (Lipinski definition) is 5. The van der Waals surface area contributed by atoms with E-state index in [1.165, 1.54) is 31.4 Å². The van der Waals surface area contributed by atoms with Gasteiger partial charge in [-0.05, 0) is 31.0 Å². The number of carbonyl (C=O) groups is 2. The van der Waals surface area contributed by atoms with Crippen LogP contribution in [0.2, 0.25) is 0 Å². The predicted molar refractivity (Wildman–Crippen MR) is 96.3 cm³/mol. The number of nitrogens with one attached hydrogen (secondary N) is 2. The van der Waals surface area contributed by atoms with Gasteiger partial charge in [0.1, 0.15) is 0 Å². The highest BCUT2D eigenvalue weighted by Crippen LogP contribution is 2.12. The van der Waals surface area contributed by atoms with Gasteiger partial charge in [0.05, 0.1) is 11.5 Å². The molecule has 0 aromatic heterocycles. The largest absolute Gasteiger partial charge is 0.383 e. The minimum atomic E-state index is -3.70. The molecule has 2 amide bonds. The summed E-state index contributed by atoms with van der Waals surface area (Å²) in [6.07, 6.45) is 2.29. The molecule has 0 atom stereocenters. The normalized spacial score (nSPS) is 14.4. The molecule has 1 fully saturated rings. The predicted octanol–water partition coefficient (Wildman–Crippen LogP) is 0.354. The van der Waals surface area contributed by atoms with E-state index in [0.717, 1.165) is 25.9 Å². The summed E-state index contributed by atoms with van der Waals surface area (Å²) in [6.45, 7) is 2.18. The van der Waals surface area contributed by atoms with Gasteiger partial charge in [0.25, 0.3) is 5.91 Å². The molecule has 0 spiro atoms. The van der Waals surface area contributed by atoms with Crippen molar-refractivity contribution in [1.82, 2.24) is 14.9 Å². The molecule has 0 saturated carbocycles. The van der Waals surface area contributed by atoms with Crippen molar-refractivity contribution in [3.05, 3.63) is 29.8 Å². The van der Waals surface area contributed by atoms with Crippen LogP contribution < -0.4 is 10.0 Å². The summed E-state index contributed by atoms with van der Waals surface area (Å²) in [6, 6.07) is 5.77. The number of methoxy groups -OCH3 is 1. The van der Waals surface area contributed by atoms with Crippen molar-refractivity contribution in [2.24, 2.45) is 0 Å². The first-order valence-corrected chi connectivity index (χ1v) is 10.1. The van der Waals surface area contributed by atoms with Gasteiger partial charge in [-0.2, -0.15) is 0 Å². The Morgan fingerprint density at radius 1 is 1.19 bits per heavy atom. The molecular formula is C17H25N3O5S. The standard InChI is InChI=1S/C17H25N3O5S/c1-25-12-9-19-26(23,24)15-6-4-5-14(13-15)17(22)18-8-7-16(21)20-10-2-3-11-20/h4-6,13,19H,2-3,7-12H2,1H3,(H,18,22). The van der Waals surface area contributed by atoms with Gasteiger partial charge in [-0.1, -0.05) is 6.07 Å². The van der Waals surface area contributed by atoms with Gasteiger partial charge in [-0.3, -0.25) is 9.59 Å². The first-order valence-electron chi connectivity index (χ1n) is 8.58. The SMILES string of the molecule is COCCNS(=O)(=O)c1cccc(C(=O)NCCC(=O)N2CCCC2)c1. The lowest BCUT2D eigenvalue weighted by Crippen LogP contribution is -2.32. The van der Waals surface area contributed by atoms with Gasteiger partial charge in [-0.25, -0.2) is 13.1 Å². The van der Waals surface area contributed by atoms with Gasteiger partial charge < -0.3 is 15.0 Å². The summed E-state index contributed by atoms with van der Waals surface area (Å²) in [4.78, 5) is 26.0. The molecule has 0 radical (unpaired) electrons. The molecular weight excluding hydrogens is 358 g/mol. The van der Waals surface area contributed by atoms with Crippen molar-refractivity contribution < 1.29 is 22.7 Å². The Morgan fingerprint density at radius 2 is 1.92 bits per heavy atom. The first-order chi connectivity index (χ1) is 12.4. The molecule has 26 heavy (non-hydrogen) atoms. The third-order valence-electron chi connectivity index (χ3n) is 4.09. The average Bonchev–Trinajstić information content (AvgIpc) is 3.16. The van der Waals surface area contributed by atoms with Crippen LogP contribution in [0.1, 0.15) is 29.6 Å². The van der Waals surface area contributed by atoms with Crippen molar-refractivity contribution in [3.8, 4) is 0 Å². The fourth-order valence-corrected chi connectivity index (χ4v) is 3.73. The van der Waals surface area contributed by atoms with Crippen molar-refractivity contribution >= 4 is 21.8 Å². The third kappa shape index (κ3) is 5.79. The average molecular weight is 383 g/mol. The topological polar surface area (TPSA) is 105 Å². The van der Waals surface area contributed by atoms with Crippen LogP contribution >= 0.6 is 0 Å². The number of ether oxygens (including phenoxy) is 1. The van der Waals surface area contributed by atoms with E-state index in [1.54, 1.807) is 4.90 Å². The molecule has 8 nitrogen and oxygen atoms in total. The van der Waals surface area contributed by atoms with E-state index in [2.05, 4.69) is 10.0 Å². The van der Waals surface area contributed by atoms with Crippen LogP contribution in [0.15, 0.2) is 29.2 Å². The maximum absolute atomic E-state index is 12.2. The van der Waals surface area contributed by atoms with Crippen molar-refractivity contribution in [2.45, 2.75) is 24.2 Å². The summed E-state index contributed by atoms with van der Waals surface area (Å²) in [5.74, 6) is -0.380. The molecule has 0 aliphatic carbocycles. The Bertz CT molecular complexity index is 730. The highest BCUT2D eigenvalue weighted by atomic mass is 32.2. The molecule has 2 rings (SSSR count). The zero-order valence-corrected chi connectivity index (χ0v) is 15.7. The lowest BCUT2D eigenvalue weighted by molar-refractivity contribution is -0.129. The molecule has 1 heterocycles. The summed E-state index contributed by atoms with van der Waals surface area (Å²) in [5.41, 5.74) is 0.230. The maximum atomic E-state index is 12.2. The molecule has 2 N–H and O–H groups in total. The molecule has 9 heteroatoms. The summed E-state index contributed by atoms with van der Waals surface area (Å²) in [5, 5.41) is 2.66. The fraction of sp³-hybridized carbons (Fsp3) is 0.529. The van der Waals surface area contributed by atoms with E-state index < -0.39 is 15.9 Å². The van der Waals surface area contributed by atoms with Gasteiger partial charge in [0, 0.05) is 45.3 Å². The summed E-state index contributed by atoms with van der Waals surface area (Å²) < 4.78 is 31.6. The Hall–Kier alpha value is -1.97.